The molecule has 136 valence electrons. The molecule has 0 saturated carbocycles. The summed E-state index contributed by atoms with van der Waals surface area (Å²) in [6, 6.07) is 15.0. The molecule has 1 fully saturated rings. The van der Waals surface area contributed by atoms with E-state index in [1.54, 1.807) is 4.90 Å². The van der Waals surface area contributed by atoms with Gasteiger partial charge < -0.3 is 15.0 Å². The lowest BCUT2D eigenvalue weighted by molar-refractivity contribution is -0.119. The monoisotopic (exact) mass is 352 g/mol. The summed E-state index contributed by atoms with van der Waals surface area (Å²) in [6.45, 7) is 3.30. The summed E-state index contributed by atoms with van der Waals surface area (Å²) in [6.07, 6.45) is 2.85. The van der Waals surface area contributed by atoms with Crippen LogP contribution in [-0.4, -0.2) is 25.0 Å². The highest BCUT2D eigenvalue weighted by molar-refractivity contribution is 5.96. The normalized spacial score (nSPS) is 14.2. The number of benzene rings is 2. The van der Waals surface area contributed by atoms with Crippen molar-refractivity contribution in [2.45, 2.75) is 32.6 Å². The molecule has 0 aromatic heterocycles. The number of carbonyl (C=O) groups is 2. The van der Waals surface area contributed by atoms with Crippen LogP contribution < -0.4 is 15.0 Å². The van der Waals surface area contributed by atoms with Gasteiger partial charge in [0.25, 0.3) is 0 Å². The lowest BCUT2D eigenvalue weighted by atomic mass is 10.1. The molecule has 3 rings (SSSR count). The van der Waals surface area contributed by atoms with Crippen molar-refractivity contribution in [1.82, 2.24) is 0 Å². The molecule has 0 bridgehead atoms. The van der Waals surface area contributed by atoms with E-state index in [2.05, 4.69) is 5.32 Å². The van der Waals surface area contributed by atoms with Crippen LogP contribution in [0.3, 0.4) is 0 Å². The van der Waals surface area contributed by atoms with Crippen molar-refractivity contribution in [3.05, 3.63) is 54.1 Å². The summed E-state index contributed by atoms with van der Waals surface area (Å²) in [5, 5.41) is 2.92. The first-order valence-electron chi connectivity index (χ1n) is 9.07. The van der Waals surface area contributed by atoms with Crippen LogP contribution in [0, 0.1) is 0 Å². The summed E-state index contributed by atoms with van der Waals surface area (Å²) >= 11 is 0. The van der Waals surface area contributed by atoms with E-state index in [0.717, 1.165) is 36.4 Å². The predicted octanol–water partition coefficient (Wildman–Crippen LogP) is 3.78. The van der Waals surface area contributed by atoms with E-state index in [9.17, 15) is 9.59 Å². The molecule has 2 amide bonds. The Hall–Kier alpha value is -2.82. The minimum absolute atomic E-state index is 0.0868. The fourth-order valence-corrected chi connectivity index (χ4v) is 3.09. The van der Waals surface area contributed by atoms with Gasteiger partial charge in [-0.05, 0) is 55.7 Å². The number of hydrogen-bond acceptors (Lipinski definition) is 3. The maximum Gasteiger partial charge on any atom is 0.228 e. The van der Waals surface area contributed by atoms with Crippen LogP contribution in [0.5, 0.6) is 5.75 Å². The predicted molar refractivity (Wildman–Crippen MR) is 103 cm³/mol. The maximum absolute atomic E-state index is 12.3. The first kappa shape index (κ1) is 18.0. The van der Waals surface area contributed by atoms with Crippen LogP contribution in [-0.2, 0) is 16.0 Å². The third-order valence-electron chi connectivity index (χ3n) is 4.36. The molecule has 2 aromatic rings. The molecular formula is C21H24N2O3. The Morgan fingerprint density at radius 2 is 1.96 bits per heavy atom. The standard InChI is InChI=1S/C21H24N2O3/c1-2-26-19-11-9-16(10-12-19)14-20(24)22-17-6-5-7-18(15-17)23-13-4-3-8-21(23)25/h5-7,9-12,15H,2-4,8,13-14H2,1H3,(H,22,24). The third kappa shape index (κ3) is 4.63. The molecule has 5 heteroatoms. The van der Waals surface area contributed by atoms with Gasteiger partial charge in [0.05, 0.1) is 13.0 Å². The highest BCUT2D eigenvalue weighted by Gasteiger charge is 2.19. The van der Waals surface area contributed by atoms with Gasteiger partial charge in [-0.2, -0.15) is 0 Å². The number of ether oxygens (including phenoxy) is 1. The number of nitrogens with one attached hydrogen (secondary N) is 1. The zero-order valence-corrected chi connectivity index (χ0v) is 15.0. The lowest BCUT2D eigenvalue weighted by Gasteiger charge is -2.27. The first-order chi connectivity index (χ1) is 12.7. The molecule has 1 aliphatic rings. The Morgan fingerprint density at radius 1 is 1.15 bits per heavy atom. The summed E-state index contributed by atoms with van der Waals surface area (Å²) in [5.41, 5.74) is 2.47. The molecule has 0 unspecified atom stereocenters. The van der Waals surface area contributed by atoms with Crippen molar-refractivity contribution in [1.29, 1.82) is 0 Å². The number of anilines is 2. The number of amides is 2. The second-order valence-corrected chi connectivity index (χ2v) is 6.35. The van der Waals surface area contributed by atoms with Gasteiger partial charge in [-0.25, -0.2) is 0 Å². The Morgan fingerprint density at radius 3 is 2.69 bits per heavy atom. The molecule has 1 saturated heterocycles. The van der Waals surface area contributed by atoms with Crippen molar-refractivity contribution in [2.75, 3.05) is 23.4 Å². The van der Waals surface area contributed by atoms with Crippen LogP contribution in [0.1, 0.15) is 31.7 Å². The Kier molecular flexibility index (Phi) is 5.89. The van der Waals surface area contributed by atoms with Gasteiger partial charge in [-0.15, -0.1) is 0 Å². The number of rotatable bonds is 6. The van der Waals surface area contributed by atoms with Gasteiger partial charge in [-0.3, -0.25) is 9.59 Å². The quantitative estimate of drug-likeness (QED) is 0.861. The largest absolute Gasteiger partial charge is 0.494 e. The maximum atomic E-state index is 12.3. The highest BCUT2D eigenvalue weighted by atomic mass is 16.5. The SMILES string of the molecule is CCOc1ccc(CC(=O)Nc2cccc(N3CCCCC3=O)c2)cc1. The zero-order valence-electron chi connectivity index (χ0n) is 15.0. The minimum Gasteiger partial charge on any atom is -0.494 e. The topological polar surface area (TPSA) is 58.6 Å². The van der Waals surface area contributed by atoms with Crippen molar-refractivity contribution in [3.63, 3.8) is 0 Å². The van der Waals surface area contributed by atoms with E-state index in [1.807, 2.05) is 55.5 Å². The van der Waals surface area contributed by atoms with Crippen LogP contribution in [0.15, 0.2) is 48.5 Å². The number of piperidine rings is 1. The molecule has 1 aliphatic heterocycles. The zero-order chi connectivity index (χ0) is 18.4. The van der Waals surface area contributed by atoms with Crippen molar-refractivity contribution in [2.24, 2.45) is 0 Å². The van der Waals surface area contributed by atoms with E-state index >= 15 is 0 Å². The number of hydrogen-bond donors (Lipinski definition) is 1. The minimum atomic E-state index is -0.0868. The van der Waals surface area contributed by atoms with Gasteiger partial charge in [0, 0.05) is 24.3 Å². The molecule has 0 spiro atoms. The summed E-state index contributed by atoms with van der Waals surface area (Å²) in [7, 11) is 0. The van der Waals surface area contributed by atoms with E-state index in [-0.39, 0.29) is 11.8 Å². The number of carbonyl (C=O) groups excluding carboxylic acids is 2. The summed E-state index contributed by atoms with van der Waals surface area (Å²) in [4.78, 5) is 26.2. The molecule has 1 N–H and O–H groups in total. The average Bonchev–Trinajstić information content (AvgIpc) is 2.64. The van der Waals surface area contributed by atoms with Crippen molar-refractivity contribution < 1.29 is 14.3 Å². The molecule has 26 heavy (non-hydrogen) atoms. The van der Waals surface area contributed by atoms with Crippen molar-refractivity contribution in [3.8, 4) is 5.75 Å². The van der Waals surface area contributed by atoms with E-state index in [4.69, 9.17) is 4.74 Å². The van der Waals surface area contributed by atoms with Crippen LogP contribution in [0.25, 0.3) is 0 Å². The smallest absolute Gasteiger partial charge is 0.228 e. The molecule has 5 nitrogen and oxygen atoms in total. The Labute approximate surface area is 154 Å². The summed E-state index contributed by atoms with van der Waals surface area (Å²) < 4.78 is 5.41. The third-order valence-corrected chi connectivity index (χ3v) is 4.36. The highest BCUT2D eigenvalue weighted by Crippen LogP contribution is 2.24. The second-order valence-electron chi connectivity index (χ2n) is 6.35. The number of nitrogens with zero attached hydrogens (tertiary/aromatic N) is 1. The van der Waals surface area contributed by atoms with E-state index < -0.39 is 0 Å². The Balaban J connectivity index is 1.62. The lowest BCUT2D eigenvalue weighted by Crippen LogP contribution is -2.35. The van der Waals surface area contributed by atoms with Crippen LogP contribution >= 0.6 is 0 Å². The molecule has 0 atom stereocenters. The molecule has 2 aromatic carbocycles. The van der Waals surface area contributed by atoms with Gasteiger partial charge in [0.1, 0.15) is 5.75 Å². The van der Waals surface area contributed by atoms with Crippen LogP contribution in [0.4, 0.5) is 11.4 Å². The molecule has 0 aliphatic carbocycles. The molecule has 0 radical (unpaired) electrons. The molecular weight excluding hydrogens is 328 g/mol. The second kappa shape index (κ2) is 8.52. The van der Waals surface area contributed by atoms with Gasteiger partial charge in [0.2, 0.25) is 11.8 Å². The average molecular weight is 352 g/mol. The van der Waals surface area contributed by atoms with E-state index in [1.165, 1.54) is 0 Å². The van der Waals surface area contributed by atoms with Gasteiger partial charge >= 0.3 is 0 Å². The Bertz CT molecular complexity index is 771. The fourth-order valence-electron chi connectivity index (χ4n) is 3.09. The van der Waals surface area contributed by atoms with Gasteiger partial charge in [0.15, 0.2) is 0 Å². The molecule has 1 heterocycles. The summed E-state index contributed by atoms with van der Waals surface area (Å²) in [5.74, 6) is 0.862. The van der Waals surface area contributed by atoms with E-state index in [0.29, 0.717) is 25.1 Å². The van der Waals surface area contributed by atoms with Crippen molar-refractivity contribution >= 4 is 23.2 Å². The fraction of sp³-hybridized carbons (Fsp3) is 0.333. The first-order valence-corrected chi connectivity index (χ1v) is 9.07. The van der Waals surface area contributed by atoms with Crippen LogP contribution in [0.2, 0.25) is 0 Å². The van der Waals surface area contributed by atoms with Gasteiger partial charge in [-0.1, -0.05) is 18.2 Å².